The number of hydrogen-bond donors (Lipinski definition) is 1. The fourth-order valence-electron chi connectivity index (χ4n) is 3.66. The van der Waals surface area contributed by atoms with Gasteiger partial charge in [-0.05, 0) is 67.6 Å². The number of nitrogens with one attached hydrogen (secondary N) is 1. The lowest BCUT2D eigenvalue weighted by molar-refractivity contribution is -0.126. The van der Waals surface area contributed by atoms with Crippen molar-refractivity contribution in [1.29, 1.82) is 0 Å². The van der Waals surface area contributed by atoms with Crippen molar-refractivity contribution in [2.45, 2.75) is 31.8 Å². The molecule has 0 saturated carbocycles. The summed E-state index contributed by atoms with van der Waals surface area (Å²) >= 11 is 0. The van der Waals surface area contributed by atoms with E-state index in [1.165, 1.54) is 12.1 Å². The Kier molecular flexibility index (Phi) is 4.79. The van der Waals surface area contributed by atoms with E-state index in [0.717, 1.165) is 24.8 Å². The van der Waals surface area contributed by atoms with Gasteiger partial charge in [0.2, 0.25) is 0 Å². The number of carbonyl (C=O) groups excluding carboxylic acids is 2. The van der Waals surface area contributed by atoms with Crippen molar-refractivity contribution in [3.63, 3.8) is 0 Å². The first-order valence-corrected chi connectivity index (χ1v) is 9.26. The number of carbonyl (C=O) groups is 2. The molecule has 1 atom stereocenters. The third-order valence-electron chi connectivity index (χ3n) is 5.02. The standard InChI is InChI=1S/C21H21FN2O3/c22-15-5-1-6-16(13-15)24-11-3-7-19(21(24)26)27-17-8-9-18-14(12-17)4-2-10-23-20(18)25/h1,5-6,8-9,12-13,19H,2-4,7,10-11H2,(H,23,25). The molecule has 1 unspecified atom stereocenters. The zero-order valence-corrected chi connectivity index (χ0v) is 14.9. The van der Waals surface area contributed by atoms with Gasteiger partial charge in [-0.15, -0.1) is 0 Å². The number of fused-ring (bicyclic) bond motifs is 1. The summed E-state index contributed by atoms with van der Waals surface area (Å²) in [4.78, 5) is 26.5. The van der Waals surface area contributed by atoms with E-state index in [-0.39, 0.29) is 17.6 Å². The molecule has 2 aromatic carbocycles. The third-order valence-corrected chi connectivity index (χ3v) is 5.02. The average molecular weight is 368 g/mol. The van der Waals surface area contributed by atoms with Gasteiger partial charge < -0.3 is 15.0 Å². The molecule has 2 amide bonds. The zero-order valence-electron chi connectivity index (χ0n) is 14.9. The minimum Gasteiger partial charge on any atom is -0.481 e. The molecule has 1 saturated heterocycles. The normalized spacial score (nSPS) is 19.9. The lowest BCUT2D eigenvalue weighted by atomic mass is 10.0. The largest absolute Gasteiger partial charge is 0.481 e. The second-order valence-electron chi connectivity index (χ2n) is 6.90. The molecule has 0 aliphatic carbocycles. The molecular formula is C21H21FN2O3. The first-order chi connectivity index (χ1) is 13.1. The number of amides is 2. The van der Waals surface area contributed by atoms with Crippen molar-refractivity contribution in [3.05, 3.63) is 59.4 Å². The van der Waals surface area contributed by atoms with Gasteiger partial charge in [0, 0.05) is 24.3 Å². The molecule has 6 heteroatoms. The summed E-state index contributed by atoms with van der Waals surface area (Å²) < 4.78 is 19.5. The van der Waals surface area contributed by atoms with Crippen LogP contribution in [0.25, 0.3) is 0 Å². The lowest BCUT2D eigenvalue weighted by Crippen LogP contribution is -2.47. The first-order valence-electron chi connectivity index (χ1n) is 9.26. The summed E-state index contributed by atoms with van der Waals surface area (Å²) in [6.45, 7) is 1.21. The van der Waals surface area contributed by atoms with Gasteiger partial charge in [-0.2, -0.15) is 0 Å². The van der Waals surface area contributed by atoms with Crippen LogP contribution in [0.3, 0.4) is 0 Å². The van der Waals surface area contributed by atoms with Crippen LogP contribution in [0.1, 0.15) is 35.2 Å². The minimum absolute atomic E-state index is 0.0694. The maximum absolute atomic E-state index is 13.5. The van der Waals surface area contributed by atoms with Gasteiger partial charge in [0.15, 0.2) is 6.10 Å². The molecule has 4 rings (SSSR count). The molecule has 0 radical (unpaired) electrons. The summed E-state index contributed by atoms with van der Waals surface area (Å²) in [6, 6.07) is 11.4. The maximum atomic E-state index is 13.5. The van der Waals surface area contributed by atoms with E-state index < -0.39 is 6.10 Å². The van der Waals surface area contributed by atoms with Crippen LogP contribution in [0.4, 0.5) is 10.1 Å². The first kappa shape index (κ1) is 17.5. The average Bonchev–Trinajstić information content (AvgIpc) is 2.85. The summed E-state index contributed by atoms with van der Waals surface area (Å²) in [6.07, 6.45) is 2.44. The van der Waals surface area contributed by atoms with Crippen LogP contribution in [0, 0.1) is 5.82 Å². The Bertz CT molecular complexity index is 883. The number of halogens is 1. The Labute approximate surface area is 157 Å². The molecule has 2 heterocycles. The van der Waals surface area contributed by atoms with Crippen LogP contribution < -0.4 is 15.0 Å². The number of anilines is 1. The van der Waals surface area contributed by atoms with Crippen molar-refractivity contribution in [2.24, 2.45) is 0 Å². The maximum Gasteiger partial charge on any atom is 0.268 e. The van der Waals surface area contributed by atoms with E-state index in [1.807, 2.05) is 6.07 Å². The number of benzene rings is 2. The van der Waals surface area contributed by atoms with Crippen LogP contribution >= 0.6 is 0 Å². The highest BCUT2D eigenvalue weighted by atomic mass is 19.1. The molecule has 140 valence electrons. The van der Waals surface area contributed by atoms with Crippen LogP contribution in [-0.4, -0.2) is 31.0 Å². The predicted octanol–water partition coefficient (Wildman–Crippen LogP) is 3.08. The molecule has 2 aliphatic heterocycles. The number of hydrogen-bond acceptors (Lipinski definition) is 3. The van der Waals surface area contributed by atoms with Gasteiger partial charge in [0.25, 0.3) is 11.8 Å². The smallest absolute Gasteiger partial charge is 0.268 e. The van der Waals surface area contributed by atoms with Crippen LogP contribution in [0.15, 0.2) is 42.5 Å². The third kappa shape index (κ3) is 3.65. The van der Waals surface area contributed by atoms with E-state index >= 15 is 0 Å². The van der Waals surface area contributed by atoms with Crippen molar-refractivity contribution < 1.29 is 18.7 Å². The van der Waals surface area contributed by atoms with E-state index in [4.69, 9.17) is 4.74 Å². The SMILES string of the molecule is O=C1NCCCc2cc(OC3CCCN(c4cccc(F)c4)C3=O)ccc21. The molecule has 1 fully saturated rings. The molecule has 2 aliphatic rings. The van der Waals surface area contributed by atoms with Gasteiger partial charge in [0.05, 0.1) is 0 Å². The van der Waals surface area contributed by atoms with Gasteiger partial charge in [-0.25, -0.2) is 4.39 Å². The summed E-state index contributed by atoms with van der Waals surface area (Å²) in [5.74, 6) is -0.0186. The van der Waals surface area contributed by atoms with E-state index in [1.54, 1.807) is 29.2 Å². The van der Waals surface area contributed by atoms with Crippen molar-refractivity contribution in [1.82, 2.24) is 5.32 Å². The van der Waals surface area contributed by atoms with Crippen molar-refractivity contribution >= 4 is 17.5 Å². The van der Waals surface area contributed by atoms with Crippen molar-refractivity contribution in [2.75, 3.05) is 18.0 Å². The van der Waals surface area contributed by atoms with Crippen molar-refractivity contribution in [3.8, 4) is 5.75 Å². The fraction of sp³-hybridized carbons (Fsp3) is 0.333. The Morgan fingerprint density at radius 2 is 2.00 bits per heavy atom. The molecule has 5 nitrogen and oxygen atoms in total. The van der Waals surface area contributed by atoms with Gasteiger partial charge in [0.1, 0.15) is 11.6 Å². The molecule has 2 aromatic rings. The van der Waals surface area contributed by atoms with Gasteiger partial charge in [-0.1, -0.05) is 6.07 Å². The predicted molar refractivity (Wildman–Crippen MR) is 99.5 cm³/mol. The highest BCUT2D eigenvalue weighted by Crippen LogP contribution is 2.27. The quantitative estimate of drug-likeness (QED) is 0.906. The Hall–Kier alpha value is -2.89. The molecule has 0 bridgehead atoms. The van der Waals surface area contributed by atoms with E-state index in [9.17, 15) is 14.0 Å². The summed E-state index contributed by atoms with van der Waals surface area (Å²) in [5.41, 5.74) is 2.15. The van der Waals surface area contributed by atoms with Gasteiger partial charge in [-0.3, -0.25) is 9.59 Å². The summed E-state index contributed by atoms with van der Waals surface area (Å²) in [5, 5.41) is 2.87. The molecule has 1 N–H and O–H groups in total. The Morgan fingerprint density at radius 3 is 2.85 bits per heavy atom. The number of piperidine rings is 1. The highest BCUT2D eigenvalue weighted by Gasteiger charge is 2.31. The molecule has 0 aromatic heterocycles. The van der Waals surface area contributed by atoms with E-state index in [0.29, 0.717) is 36.5 Å². The number of rotatable bonds is 3. The molecule has 0 spiro atoms. The van der Waals surface area contributed by atoms with E-state index in [2.05, 4.69) is 5.32 Å². The Balaban J connectivity index is 1.53. The van der Waals surface area contributed by atoms with Crippen LogP contribution in [0.5, 0.6) is 5.75 Å². The number of aryl methyl sites for hydroxylation is 1. The zero-order chi connectivity index (χ0) is 18.8. The molecule has 27 heavy (non-hydrogen) atoms. The fourth-order valence-corrected chi connectivity index (χ4v) is 3.66. The van der Waals surface area contributed by atoms with Crippen LogP contribution in [-0.2, 0) is 11.2 Å². The van der Waals surface area contributed by atoms with Crippen LogP contribution in [0.2, 0.25) is 0 Å². The van der Waals surface area contributed by atoms with Gasteiger partial charge >= 0.3 is 0 Å². The summed E-state index contributed by atoms with van der Waals surface area (Å²) in [7, 11) is 0. The second kappa shape index (κ2) is 7.39. The Morgan fingerprint density at radius 1 is 1.11 bits per heavy atom. The minimum atomic E-state index is -0.611. The topological polar surface area (TPSA) is 58.6 Å². The molecular weight excluding hydrogens is 347 g/mol. The number of nitrogens with zero attached hydrogens (tertiary/aromatic N) is 1. The monoisotopic (exact) mass is 368 g/mol. The second-order valence-corrected chi connectivity index (χ2v) is 6.90. The lowest BCUT2D eigenvalue weighted by Gasteiger charge is -2.32. The number of ether oxygens (including phenoxy) is 1. The highest BCUT2D eigenvalue weighted by molar-refractivity contribution is 5.98.